The molecule has 0 spiro atoms. The van der Waals surface area contributed by atoms with Crippen molar-refractivity contribution in [3.05, 3.63) is 29.3 Å². The Morgan fingerprint density at radius 2 is 2.40 bits per heavy atom. The number of aliphatic imine (C=N–C) groups is 1. The summed E-state index contributed by atoms with van der Waals surface area (Å²) in [5, 5.41) is 9.79. The Balaban J connectivity index is 2.36. The van der Waals surface area contributed by atoms with Crippen LogP contribution in [0, 0.1) is 0 Å². The van der Waals surface area contributed by atoms with Gasteiger partial charge in [0, 0.05) is 11.5 Å². The van der Waals surface area contributed by atoms with Crippen LogP contribution in [-0.4, -0.2) is 17.7 Å². The Labute approximate surface area is 88.5 Å². The van der Waals surface area contributed by atoms with Gasteiger partial charge in [-0.15, -0.1) is 0 Å². The lowest BCUT2D eigenvalue weighted by molar-refractivity contribution is 0.446. The average Bonchev–Trinajstić information content (AvgIpc) is 2.26. The van der Waals surface area contributed by atoms with Gasteiger partial charge in [0.25, 0.3) is 0 Å². The highest BCUT2D eigenvalue weighted by molar-refractivity contribution is 5.44. The zero-order valence-electron chi connectivity index (χ0n) is 8.44. The molecule has 1 aliphatic rings. The topological polar surface area (TPSA) is 49.7 Å². The number of carbonyl (C=O) groups excluding carboxylic acids is 1. The quantitative estimate of drug-likeness (QED) is 0.591. The minimum absolute atomic E-state index is 0.177. The third-order valence-corrected chi connectivity index (χ3v) is 2.96. The maximum absolute atomic E-state index is 10.1. The SMILES string of the molecule is O=C=NCC1CCCc2cccc(O)c21. The summed E-state index contributed by atoms with van der Waals surface area (Å²) in [4.78, 5) is 13.7. The van der Waals surface area contributed by atoms with Crippen LogP contribution in [0.5, 0.6) is 5.75 Å². The third-order valence-electron chi connectivity index (χ3n) is 2.96. The van der Waals surface area contributed by atoms with Gasteiger partial charge in [-0.05, 0) is 30.9 Å². The van der Waals surface area contributed by atoms with Gasteiger partial charge in [-0.1, -0.05) is 12.1 Å². The van der Waals surface area contributed by atoms with Crippen molar-refractivity contribution in [2.24, 2.45) is 4.99 Å². The molecule has 1 atom stereocenters. The lowest BCUT2D eigenvalue weighted by Crippen LogP contribution is -2.12. The molecule has 15 heavy (non-hydrogen) atoms. The Morgan fingerprint density at radius 1 is 1.53 bits per heavy atom. The van der Waals surface area contributed by atoms with Gasteiger partial charge in [-0.3, -0.25) is 0 Å². The Kier molecular flexibility index (Phi) is 2.84. The molecule has 2 rings (SSSR count). The van der Waals surface area contributed by atoms with E-state index in [1.165, 1.54) is 5.56 Å². The molecule has 0 saturated carbocycles. The Bertz CT molecular complexity index is 408. The largest absolute Gasteiger partial charge is 0.508 e. The minimum Gasteiger partial charge on any atom is -0.508 e. The number of fused-ring (bicyclic) bond motifs is 1. The molecule has 0 heterocycles. The summed E-state index contributed by atoms with van der Waals surface area (Å²) >= 11 is 0. The van der Waals surface area contributed by atoms with Gasteiger partial charge in [0.1, 0.15) is 5.75 Å². The van der Waals surface area contributed by atoms with E-state index in [4.69, 9.17) is 0 Å². The first-order valence-corrected chi connectivity index (χ1v) is 5.17. The molecule has 0 saturated heterocycles. The first-order chi connectivity index (χ1) is 7.33. The van der Waals surface area contributed by atoms with Crippen LogP contribution in [0.15, 0.2) is 23.2 Å². The van der Waals surface area contributed by atoms with Crippen LogP contribution in [0.2, 0.25) is 0 Å². The van der Waals surface area contributed by atoms with E-state index in [-0.39, 0.29) is 5.92 Å². The first kappa shape index (κ1) is 9.94. The Hall–Kier alpha value is -1.60. The average molecular weight is 203 g/mol. The molecule has 0 fully saturated rings. The third kappa shape index (κ3) is 1.92. The van der Waals surface area contributed by atoms with Crippen LogP contribution >= 0.6 is 0 Å². The molecule has 1 unspecified atom stereocenters. The number of rotatable bonds is 2. The number of nitrogens with zero attached hydrogens (tertiary/aromatic N) is 1. The number of phenolic OH excluding ortho intramolecular Hbond substituents is 1. The highest BCUT2D eigenvalue weighted by Gasteiger charge is 2.22. The van der Waals surface area contributed by atoms with E-state index in [0.29, 0.717) is 12.3 Å². The molecule has 1 aromatic rings. The molecule has 0 amide bonds. The number of aryl methyl sites for hydroxylation is 1. The van der Waals surface area contributed by atoms with Crippen LogP contribution in [0.3, 0.4) is 0 Å². The molecule has 3 nitrogen and oxygen atoms in total. The predicted molar refractivity (Wildman–Crippen MR) is 56.8 cm³/mol. The number of aromatic hydroxyl groups is 1. The monoisotopic (exact) mass is 203 g/mol. The molecular weight excluding hydrogens is 190 g/mol. The molecule has 0 bridgehead atoms. The summed E-state index contributed by atoms with van der Waals surface area (Å²) in [6.07, 6.45) is 4.64. The van der Waals surface area contributed by atoms with Gasteiger partial charge in [-0.2, -0.15) is 0 Å². The summed E-state index contributed by atoms with van der Waals surface area (Å²) in [6.45, 7) is 0.439. The van der Waals surface area contributed by atoms with Crippen molar-refractivity contribution in [2.75, 3.05) is 6.54 Å². The number of isocyanates is 1. The second kappa shape index (κ2) is 4.28. The molecule has 1 N–H and O–H groups in total. The van der Waals surface area contributed by atoms with E-state index in [1.54, 1.807) is 12.1 Å². The van der Waals surface area contributed by atoms with Crippen LogP contribution < -0.4 is 0 Å². The van der Waals surface area contributed by atoms with Gasteiger partial charge in [0.2, 0.25) is 6.08 Å². The molecule has 1 aromatic carbocycles. The highest BCUT2D eigenvalue weighted by atomic mass is 16.3. The van der Waals surface area contributed by atoms with Crippen molar-refractivity contribution in [3.8, 4) is 5.75 Å². The summed E-state index contributed by atoms with van der Waals surface area (Å²) in [5.41, 5.74) is 2.16. The lowest BCUT2D eigenvalue weighted by atomic mass is 9.82. The van der Waals surface area contributed by atoms with Gasteiger partial charge in [0.05, 0.1) is 6.54 Å². The molecule has 0 aliphatic heterocycles. The lowest BCUT2D eigenvalue weighted by Gasteiger charge is -2.24. The second-order valence-electron chi connectivity index (χ2n) is 3.87. The maximum Gasteiger partial charge on any atom is 0.234 e. The van der Waals surface area contributed by atoms with E-state index in [1.807, 2.05) is 12.1 Å². The first-order valence-electron chi connectivity index (χ1n) is 5.17. The number of phenols is 1. The fourth-order valence-electron chi connectivity index (χ4n) is 2.30. The van der Waals surface area contributed by atoms with Gasteiger partial charge in [0.15, 0.2) is 0 Å². The smallest absolute Gasteiger partial charge is 0.234 e. The van der Waals surface area contributed by atoms with Crippen LogP contribution in [0.25, 0.3) is 0 Å². The second-order valence-corrected chi connectivity index (χ2v) is 3.87. The molecule has 0 radical (unpaired) electrons. The number of hydrogen-bond donors (Lipinski definition) is 1. The summed E-state index contributed by atoms with van der Waals surface area (Å²) in [5.74, 6) is 0.509. The fraction of sp³-hybridized carbons (Fsp3) is 0.417. The number of benzene rings is 1. The minimum atomic E-state index is 0.177. The Morgan fingerprint density at radius 3 is 3.20 bits per heavy atom. The highest BCUT2D eigenvalue weighted by Crippen LogP contribution is 2.37. The van der Waals surface area contributed by atoms with Crippen molar-refractivity contribution in [3.63, 3.8) is 0 Å². The van der Waals surface area contributed by atoms with E-state index < -0.39 is 0 Å². The maximum atomic E-state index is 10.1. The van der Waals surface area contributed by atoms with E-state index in [9.17, 15) is 9.90 Å². The summed E-state index contributed by atoms with van der Waals surface area (Å²) in [6, 6.07) is 5.59. The molecular formula is C12H13NO2. The summed E-state index contributed by atoms with van der Waals surface area (Å²) < 4.78 is 0. The molecule has 78 valence electrons. The zero-order chi connectivity index (χ0) is 10.7. The van der Waals surface area contributed by atoms with Crippen molar-refractivity contribution in [2.45, 2.75) is 25.2 Å². The van der Waals surface area contributed by atoms with E-state index >= 15 is 0 Å². The van der Waals surface area contributed by atoms with Gasteiger partial charge < -0.3 is 5.11 Å². The van der Waals surface area contributed by atoms with Crippen molar-refractivity contribution >= 4 is 6.08 Å². The van der Waals surface area contributed by atoms with E-state index in [0.717, 1.165) is 24.8 Å². The van der Waals surface area contributed by atoms with Crippen LogP contribution in [0.4, 0.5) is 0 Å². The van der Waals surface area contributed by atoms with Gasteiger partial charge in [-0.25, -0.2) is 9.79 Å². The predicted octanol–water partition coefficient (Wildman–Crippen LogP) is 2.15. The normalized spacial score (nSPS) is 19.1. The van der Waals surface area contributed by atoms with Crippen molar-refractivity contribution < 1.29 is 9.90 Å². The molecule has 1 aliphatic carbocycles. The van der Waals surface area contributed by atoms with Gasteiger partial charge >= 0.3 is 0 Å². The van der Waals surface area contributed by atoms with Crippen molar-refractivity contribution in [1.29, 1.82) is 0 Å². The molecule has 3 heteroatoms. The van der Waals surface area contributed by atoms with Crippen LogP contribution in [-0.2, 0) is 11.2 Å². The standard InChI is InChI=1S/C12H13NO2/c14-8-13-7-10-5-1-3-9-4-2-6-11(15)12(9)10/h2,4,6,10,15H,1,3,5,7H2. The van der Waals surface area contributed by atoms with Crippen molar-refractivity contribution in [1.82, 2.24) is 0 Å². The number of hydrogen-bond acceptors (Lipinski definition) is 3. The fourth-order valence-corrected chi connectivity index (χ4v) is 2.30. The van der Waals surface area contributed by atoms with Crippen LogP contribution in [0.1, 0.15) is 29.9 Å². The zero-order valence-corrected chi connectivity index (χ0v) is 8.44. The summed E-state index contributed by atoms with van der Waals surface area (Å²) in [7, 11) is 0. The molecule has 0 aromatic heterocycles. The van der Waals surface area contributed by atoms with E-state index in [2.05, 4.69) is 4.99 Å².